The molecule has 31 heavy (non-hydrogen) atoms. The van der Waals surface area contributed by atoms with Crippen LogP contribution < -0.4 is 4.90 Å². The molecule has 1 atom stereocenters. The molecular weight excluding hydrogens is 403 g/mol. The molecule has 0 saturated carbocycles. The Bertz CT molecular complexity index is 1150. The van der Waals surface area contributed by atoms with Crippen molar-refractivity contribution in [2.24, 2.45) is 0 Å². The number of nitrogens with zero attached hydrogens (tertiary/aromatic N) is 3. The van der Waals surface area contributed by atoms with Crippen molar-refractivity contribution >= 4 is 11.6 Å². The van der Waals surface area contributed by atoms with Crippen LogP contribution in [-0.2, 0) is 25.4 Å². The molecule has 4 nitrogen and oxygen atoms in total. The number of alkyl halides is 3. The lowest BCUT2D eigenvalue weighted by Gasteiger charge is -2.23. The Balaban J connectivity index is 1.48. The second kappa shape index (κ2) is 7.25. The average molecular weight is 425 g/mol. The normalized spacial score (nSPS) is 18.1. The highest BCUT2D eigenvalue weighted by atomic mass is 19.4. The van der Waals surface area contributed by atoms with Gasteiger partial charge in [0.05, 0.1) is 5.69 Å². The van der Waals surface area contributed by atoms with Crippen molar-refractivity contribution in [2.75, 3.05) is 4.90 Å². The summed E-state index contributed by atoms with van der Waals surface area (Å²) in [4.78, 5) is 15.0. The summed E-state index contributed by atoms with van der Waals surface area (Å²) in [5.41, 5.74) is 3.25. The summed E-state index contributed by atoms with van der Waals surface area (Å²) in [5, 5.41) is 3.92. The van der Waals surface area contributed by atoms with E-state index in [2.05, 4.69) is 5.10 Å². The maximum Gasteiger partial charge on any atom is 0.435 e. The third-order valence-electron chi connectivity index (χ3n) is 6.23. The zero-order valence-electron chi connectivity index (χ0n) is 17.1. The first-order chi connectivity index (χ1) is 14.8. The van der Waals surface area contributed by atoms with Gasteiger partial charge in [0.2, 0.25) is 0 Å². The number of fused-ring (bicyclic) bond motifs is 2. The summed E-state index contributed by atoms with van der Waals surface area (Å²) in [6.07, 6.45) is -1.11. The molecule has 1 unspecified atom stereocenters. The molecule has 2 aromatic carbocycles. The van der Waals surface area contributed by atoms with Crippen LogP contribution in [-0.4, -0.2) is 21.7 Å². The Morgan fingerprint density at radius 3 is 2.48 bits per heavy atom. The molecule has 0 saturated heterocycles. The van der Waals surface area contributed by atoms with Crippen molar-refractivity contribution in [2.45, 2.75) is 51.2 Å². The number of benzene rings is 2. The minimum absolute atomic E-state index is 0.0528. The molecule has 1 amide bonds. The summed E-state index contributed by atoms with van der Waals surface area (Å²) in [6.45, 7) is 2.01. The standard InChI is InChI=1S/C24H22F3N3O/c1-15-14-17-6-2-4-8-20(17)29(15)23(31)16-10-12-18(13-11-16)30-21-9-5-3-7-19(21)22(28-30)24(25,26)27/h2,4,6,8,10-13,15H,3,5,7,9,14H2,1H3. The average Bonchev–Trinajstić information content (AvgIpc) is 3.31. The first-order valence-electron chi connectivity index (χ1n) is 10.5. The van der Waals surface area contributed by atoms with E-state index in [1.807, 2.05) is 31.2 Å². The van der Waals surface area contributed by atoms with Gasteiger partial charge in [0.15, 0.2) is 5.69 Å². The first kappa shape index (κ1) is 19.8. The summed E-state index contributed by atoms with van der Waals surface area (Å²) >= 11 is 0. The largest absolute Gasteiger partial charge is 0.435 e. The van der Waals surface area contributed by atoms with E-state index in [1.165, 1.54) is 4.68 Å². The van der Waals surface area contributed by atoms with Gasteiger partial charge in [-0.25, -0.2) is 4.68 Å². The van der Waals surface area contributed by atoms with Crippen LogP contribution in [0.5, 0.6) is 0 Å². The number of para-hydroxylation sites is 1. The Labute approximate surface area is 178 Å². The van der Waals surface area contributed by atoms with Crippen LogP contribution in [0.15, 0.2) is 48.5 Å². The molecule has 160 valence electrons. The van der Waals surface area contributed by atoms with E-state index in [1.54, 1.807) is 29.2 Å². The van der Waals surface area contributed by atoms with E-state index in [0.717, 1.165) is 30.5 Å². The first-order valence-corrected chi connectivity index (χ1v) is 10.5. The predicted octanol–water partition coefficient (Wildman–Crippen LogP) is 5.36. The van der Waals surface area contributed by atoms with E-state index in [0.29, 0.717) is 35.3 Å². The molecule has 0 N–H and O–H groups in total. The van der Waals surface area contributed by atoms with Gasteiger partial charge in [0.1, 0.15) is 0 Å². The summed E-state index contributed by atoms with van der Waals surface area (Å²) in [5.74, 6) is -0.109. The Hall–Kier alpha value is -3.09. The predicted molar refractivity (Wildman–Crippen MR) is 112 cm³/mol. The molecule has 0 spiro atoms. The Kier molecular flexibility index (Phi) is 4.64. The highest BCUT2D eigenvalue weighted by molar-refractivity contribution is 6.07. The minimum atomic E-state index is -4.47. The van der Waals surface area contributed by atoms with Crippen molar-refractivity contribution in [1.29, 1.82) is 0 Å². The van der Waals surface area contributed by atoms with Crippen LogP contribution in [0.1, 0.15) is 52.6 Å². The number of halogens is 3. The van der Waals surface area contributed by atoms with Gasteiger partial charge in [0, 0.05) is 28.6 Å². The lowest BCUT2D eigenvalue weighted by molar-refractivity contribution is -0.142. The fourth-order valence-corrected chi connectivity index (χ4v) is 4.80. The Morgan fingerprint density at radius 1 is 1.03 bits per heavy atom. The molecule has 2 heterocycles. The SMILES string of the molecule is CC1Cc2ccccc2N1C(=O)c1ccc(-n2nc(C(F)(F)F)c3c2CCCC3)cc1. The molecule has 0 radical (unpaired) electrons. The molecular formula is C24H22F3N3O. The minimum Gasteiger partial charge on any atom is -0.305 e. The number of carbonyl (C=O) groups excluding carboxylic acids is 1. The van der Waals surface area contributed by atoms with Crippen LogP contribution >= 0.6 is 0 Å². The number of hydrogen-bond acceptors (Lipinski definition) is 2. The lowest BCUT2D eigenvalue weighted by atomic mass is 9.95. The second-order valence-corrected chi connectivity index (χ2v) is 8.29. The maximum atomic E-state index is 13.5. The number of amides is 1. The number of rotatable bonds is 2. The molecule has 2 aliphatic rings. The zero-order chi connectivity index (χ0) is 21.8. The summed E-state index contributed by atoms with van der Waals surface area (Å²) < 4.78 is 41.8. The monoisotopic (exact) mass is 425 g/mol. The van der Waals surface area contributed by atoms with E-state index in [9.17, 15) is 18.0 Å². The van der Waals surface area contributed by atoms with Gasteiger partial charge in [-0.2, -0.15) is 18.3 Å². The molecule has 1 aliphatic carbocycles. The van der Waals surface area contributed by atoms with Crippen LogP contribution in [0.2, 0.25) is 0 Å². The van der Waals surface area contributed by atoms with Crippen molar-refractivity contribution in [3.05, 3.63) is 76.6 Å². The number of hydrogen-bond donors (Lipinski definition) is 0. The molecule has 5 rings (SSSR count). The van der Waals surface area contributed by atoms with Gasteiger partial charge in [-0.05, 0) is 74.9 Å². The van der Waals surface area contributed by atoms with Crippen LogP contribution in [0.25, 0.3) is 5.69 Å². The van der Waals surface area contributed by atoms with Crippen LogP contribution in [0.4, 0.5) is 18.9 Å². The topological polar surface area (TPSA) is 38.1 Å². The number of anilines is 1. The number of aromatic nitrogens is 2. The van der Waals surface area contributed by atoms with Crippen molar-refractivity contribution in [1.82, 2.24) is 9.78 Å². The fraction of sp³-hybridized carbons (Fsp3) is 0.333. The summed E-state index contributed by atoms with van der Waals surface area (Å²) in [7, 11) is 0. The molecule has 3 aromatic rings. The van der Waals surface area contributed by atoms with Crippen molar-refractivity contribution in [3.8, 4) is 5.69 Å². The van der Waals surface area contributed by atoms with E-state index < -0.39 is 11.9 Å². The van der Waals surface area contributed by atoms with Gasteiger partial charge in [-0.15, -0.1) is 0 Å². The zero-order valence-corrected chi connectivity index (χ0v) is 17.1. The fourth-order valence-electron chi connectivity index (χ4n) is 4.80. The van der Waals surface area contributed by atoms with Crippen molar-refractivity contribution < 1.29 is 18.0 Å². The van der Waals surface area contributed by atoms with Crippen LogP contribution in [0, 0.1) is 0 Å². The smallest absolute Gasteiger partial charge is 0.305 e. The lowest BCUT2D eigenvalue weighted by Crippen LogP contribution is -2.35. The van der Waals surface area contributed by atoms with E-state index in [4.69, 9.17) is 0 Å². The highest BCUT2D eigenvalue weighted by Gasteiger charge is 2.39. The van der Waals surface area contributed by atoms with Gasteiger partial charge in [-0.1, -0.05) is 18.2 Å². The summed E-state index contributed by atoms with van der Waals surface area (Å²) in [6, 6.07) is 14.6. The van der Waals surface area contributed by atoms with E-state index in [-0.39, 0.29) is 11.9 Å². The Morgan fingerprint density at radius 2 is 1.74 bits per heavy atom. The van der Waals surface area contributed by atoms with Crippen LogP contribution in [0.3, 0.4) is 0 Å². The molecule has 1 aliphatic heterocycles. The molecule has 0 bridgehead atoms. The number of carbonyl (C=O) groups is 1. The second-order valence-electron chi connectivity index (χ2n) is 8.29. The quantitative estimate of drug-likeness (QED) is 0.554. The van der Waals surface area contributed by atoms with E-state index >= 15 is 0 Å². The van der Waals surface area contributed by atoms with Gasteiger partial charge >= 0.3 is 6.18 Å². The molecule has 0 fully saturated rings. The van der Waals surface area contributed by atoms with Gasteiger partial charge in [-0.3, -0.25) is 4.79 Å². The third-order valence-corrected chi connectivity index (χ3v) is 6.23. The molecule has 7 heteroatoms. The van der Waals surface area contributed by atoms with Gasteiger partial charge in [0.25, 0.3) is 5.91 Å². The van der Waals surface area contributed by atoms with Crippen molar-refractivity contribution in [3.63, 3.8) is 0 Å². The third kappa shape index (κ3) is 3.32. The maximum absolute atomic E-state index is 13.5. The van der Waals surface area contributed by atoms with Gasteiger partial charge < -0.3 is 4.90 Å². The molecule has 1 aromatic heterocycles. The highest BCUT2D eigenvalue weighted by Crippen LogP contribution is 2.37.